The maximum atomic E-state index is 9.81. The molecular formula is C10H11Cl2NO. The highest BCUT2D eigenvalue weighted by atomic mass is 35.5. The standard InChI is InChI=1S/C10H11Cl2NO/c11-7-4-8(12)10(13-5-7)9(14)3-6-1-2-6/h4-6,9,14H,1-3H2. The summed E-state index contributed by atoms with van der Waals surface area (Å²) in [6.45, 7) is 0. The average molecular weight is 232 g/mol. The molecule has 1 atom stereocenters. The van der Waals surface area contributed by atoms with Crippen LogP contribution in [0.1, 0.15) is 31.1 Å². The van der Waals surface area contributed by atoms with Crippen molar-refractivity contribution in [3.8, 4) is 0 Å². The van der Waals surface area contributed by atoms with E-state index in [1.54, 1.807) is 6.07 Å². The molecule has 1 fully saturated rings. The topological polar surface area (TPSA) is 33.1 Å². The van der Waals surface area contributed by atoms with Gasteiger partial charge in [-0.15, -0.1) is 0 Å². The molecule has 0 spiro atoms. The second kappa shape index (κ2) is 4.05. The Labute approximate surface area is 92.9 Å². The third-order valence-electron chi connectivity index (χ3n) is 2.41. The summed E-state index contributed by atoms with van der Waals surface area (Å²) in [5.74, 6) is 0.651. The number of aliphatic hydroxyl groups is 1. The van der Waals surface area contributed by atoms with Crippen LogP contribution in [0.15, 0.2) is 12.3 Å². The molecule has 0 bridgehead atoms. The van der Waals surface area contributed by atoms with Crippen LogP contribution in [0.5, 0.6) is 0 Å². The molecule has 0 amide bonds. The molecule has 1 aliphatic carbocycles. The fraction of sp³-hybridized carbons (Fsp3) is 0.500. The van der Waals surface area contributed by atoms with Crippen molar-refractivity contribution in [3.63, 3.8) is 0 Å². The third kappa shape index (κ3) is 2.38. The molecule has 2 nitrogen and oxygen atoms in total. The molecule has 76 valence electrons. The van der Waals surface area contributed by atoms with Gasteiger partial charge < -0.3 is 5.11 Å². The summed E-state index contributed by atoms with van der Waals surface area (Å²) >= 11 is 11.6. The lowest BCUT2D eigenvalue weighted by molar-refractivity contribution is 0.156. The van der Waals surface area contributed by atoms with Gasteiger partial charge in [0.25, 0.3) is 0 Å². The molecule has 1 unspecified atom stereocenters. The maximum Gasteiger partial charge on any atom is 0.0977 e. The van der Waals surface area contributed by atoms with Crippen molar-refractivity contribution in [1.29, 1.82) is 0 Å². The summed E-state index contributed by atoms with van der Waals surface area (Å²) in [4.78, 5) is 4.04. The number of nitrogens with zero attached hydrogens (tertiary/aromatic N) is 1. The van der Waals surface area contributed by atoms with E-state index >= 15 is 0 Å². The van der Waals surface area contributed by atoms with Gasteiger partial charge in [0.05, 0.1) is 21.8 Å². The van der Waals surface area contributed by atoms with Crippen LogP contribution in [0, 0.1) is 5.92 Å². The van der Waals surface area contributed by atoms with Crippen LogP contribution in [0.25, 0.3) is 0 Å². The fourth-order valence-electron chi connectivity index (χ4n) is 1.45. The van der Waals surface area contributed by atoms with Crippen molar-refractivity contribution >= 4 is 23.2 Å². The van der Waals surface area contributed by atoms with Crippen LogP contribution in [0.4, 0.5) is 0 Å². The van der Waals surface area contributed by atoms with Crippen LogP contribution in [-0.2, 0) is 0 Å². The molecule has 1 saturated carbocycles. The second-order valence-corrected chi connectivity index (χ2v) is 4.56. The van der Waals surface area contributed by atoms with Gasteiger partial charge in [-0.3, -0.25) is 4.98 Å². The minimum absolute atomic E-state index is 0.450. The highest BCUT2D eigenvalue weighted by molar-refractivity contribution is 6.34. The van der Waals surface area contributed by atoms with Gasteiger partial charge in [0.15, 0.2) is 0 Å². The smallest absolute Gasteiger partial charge is 0.0977 e. The van der Waals surface area contributed by atoms with Crippen LogP contribution < -0.4 is 0 Å². The Kier molecular flexibility index (Phi) is 2.96. The molecule has 1 heterocycles. The first kappa shape index (κ1) is 10.2. The molecule has 1 aromatic heterocycles. The van der Waals surface area contributed by atoms with Gasteiger partial charge in [0.1, 0.15) is 0 Å². The van der Waals surface area contributed by atoms with Crippen LogP contribution >= 0.6 is 23.2 Å². The molecule has 0 aliphatic heterocycles. The summed E-state index contributed by atoms with van der Waals surface area (Å²) in [6, 6.07) is 1.61. The van der Waals surface area contributed by atoms with Crippen LogP contribution in [0.3, 0.4) is 0 Å². The van der Waals surface area contributed by atoms with E-state index in [4.69, 9.17) is 23.2 Å². The van der Waals surface area contributed by atoms with Gasteiger partial charge in [-0.2, -0.15) is 0 Å². The van der Waals surface area contributed by atoms with E-state index in [1.807, 2.05) is 0 Å². The number of hydrogen-bond acceptors (Lipinski definition) is 2. The summed E-state index contributed by atoms with van der Waals surface area (Å²) in [5, 5.41) is 10.8. The minimum Gasteiger partial charge on any atom is -0.387 e. The van der Waals surface area contributed by atoms with Gasteiger partial charge in [0, 0.05) is 6.20 Å². The Balaban J connectivity index is 2.13. The molecule has 1 aliphatic rings. The molecular weight excluding hydrogens is 221 g/mol. The average Bonchev–Trinajstić information content (AvgIpc) is 2.87. The Morgan fingerprint density at radius 3 is 2.79 bits per heavy atom. The zero-order valence-corrected chi connectivity index (χ0v) is 9.09. The summed E-state index contributed by atoms with van der Waals surface area (Å²) < 4.78 is 0. The summed E-state index contributed by atoms with van der Waals surface area (Å²) in [5.41, 5.74) is 0.544. The summed E-state index contributed by atoms with van der Waals surface area (Å²) in [6.07, 6.45) is 4.14. The van der Waals surface area contributed by atoms with E-state index < -0.39 is 6.10 Å². The van der Waals surface area contributed by atoms with Crippen LogP contribution in [-0.4, -0.2) is 10.1 Å². The molecule has 0 radical (unpaired) electrons. The predicted molar refractivity (Wildman–Crippen MR) is 56.6 cm³/mol. The normalized spacial score (nSPS) is 18.2. The third-order valence-corrected chi connectivity index (χ3v) is 2.91. The number of rotatable bonds is 3. The maximum absolute atomic E-state index is 9.81. The zero-order chi connectivity index (χ0) is 10.1. The van der Waals surface area contributed by atoms with Gasteiger partial charge in [-0.25, -0.2) is 0 Å². The monoisotopic (exact) mass is 231 g/mol. The SMILES string of the molecule is OC(CC1CC1)c1ncc(Cl)cc1Cl. The first-order chi connectivity index (χ1) is 6.66. The van der Waals surface area contributed by atoms with Crippen molar-refractivity contribution in [2.24, 2.45) is 5.92 Å². The Morgan fingerprint density at radius 2 is 2.21 bits per heavy atom. The van der Waals surface area contributed by atoms with Crippen molar-refractivity contribution < 1.29 is 5.11 Å². The minimum atomic E-state index is -0.549. The fourth-order valence-corrected chi connectivity index (χ4v) is 1.96. The highest BCUT2D eigenvalue weighted by Crippen LogP contribution is 2.38. The summed E-state index contributed by atoms with van der Waals surface area (Å²) in [7, 11) is 0. The number of halogens is 2. The van der Waals surface area contributed by atoms with Crippen molar-refractivity contribution in [2.75, 3.05) is 0 Å². The Hall–Kier alpha value is -0.310. The van der Waals surface area contributed by atoms with Gasteiger partial charge >= 0.3 is 0 Å². The number of pyridine rings is 1. The van der Waals surface area contributed by atoms with Crippen molar-refractivity contribution in [2.45, 2.75) is 25.4 Å². The molecule has 1 aromatic rings. The van der Waals surface area contributed by atoms with E-state index in [0.717, 1.165) is 6.42 Å². The first-order valence-corrected chi connectivity index (χ1v) is 5.41. The lowest BCUT2D eigenvalue weighted by Gasteiger charge is -2.10. The number of aliphatic hydroxyl groups excluding tert-OH is 1. The molecule has 2 rings (SSSR count). The van der Waals surface area contributed by atoms with Crippen LogP contribution in [0.2, 0.25) is 10.0 Å². The van der Waals surface area contributed by atoms with Crippen molar-refractivity contribution in [3.05, 3.63) is 28.0 Å². The Morgan fingerprint density at radius 1 is 1.50 bits per heavy atom. The van der Waals surface area contributed by atoms with E-state index in [1.165, 1.54) is 19.0 Å². The molecule has 14 heavy (non-hydrogen) atoms. The lowest BCUT2D eigenvalue weighted by Crippen LogP contribution is -2.02. The Bertz CT molecular complexity index is 339. The van der Waals surface area contributed by atoms with Crippen molar-refractivity contribution in [1.82, 2.24) is 4.98 Å². The molecule has 4 heteroatoms. The van der Waals surface area contributed by atoms with Gasteiger partial charge in [-0.1, -0.05) is 36.0 Å². The quantitative estimate of drug-likeness (QED) is 0.867. The number of hydrogen-bond donors (Lipinski definition) is 1. The largest absolute Gasteiger partial charge is 0.387 e. The highest BCUT2D eigenvalue weighted by Gasteiger charge is 2.26. The van der Waals surface area contributed by atoms with E-state index in [9.17, 15) is 5.11 Å². The van der Waals surface area contributed by atoms with E-state index in [0.29, 0.717) is 21.7 Å². The molecule has 0 aromatic carbocycles. The number of aromatic nitrogens is 1. The van der Waals surface area contributed by atoms with Gasteiger partial charge in [-0.05, 0) is 18.4 Å². The zero-order valence-electron chi connectivity index (χ0n) is 7.58. The molecule has 1 N–H and O–H groups in total. The second-order valence-electron chi connectivity index (χ2n) is 3.72. The van der Waals surface area contributed by atoms with E-state index in [-0.39, 0.29) is 0 Å². The lowest BCUT2D eigenvalue weighted by atomic mass is 10.1. The first-order valence-electron chi connectivity index (χ1n) is 4.66. The predicted octanol–water partition coefficient (Wildman–Crippen LogP) is 3.22. The van der Waals surface area contributed by atoms with Gasteiger partial charge in [0.2, 0.25) is 0 Å². The van der Waals surface area contributed by atoms with E-state index in [2.05, 4.69) is 4.98 Å². The molecule has 0 saturated heterocycles.